The summed E-state index contributed by atoms with van der Waals surface area (Å²) in [5, 5.41) is 0. The van der Waals surface area contributed by atoms with Crippen LogP contribution in [0.2, 0.25) is 0 Å². The summed E-state index contributed by atoms with van der Waals surface area (Å²) < 4.78 is 5.53. The van der Waals surface area contributed by atoms with Crippen LogP contribution in [0.1, 0.15) is 172 Å². The molecular weight excluding hydrogens is 508 g/mol. The van der Waals surface area contributed by atoms with E-state index in [9.17, 15) is 0 Å². The second-order valence-corrected chi connectivity index (χ2v) is 14.7. The number of methoxy groups -OCH3 is 1. The van der Waals surface area contributed by atoms with Gasteiger partial charge in [-0.25, -0.2) is 0 Å². The molecule has 0 N–H and O–H groups in total. The SMILES string of the molecule is COC(C)(C)CCC/C(C)=C/CCC(C)C/C=C\C(C)=C\CC/C=C(/C)CCCC(C)CCCC(C)CCC=C(C)C. The number of allylic oxidation sites excluding steroid dienone is 10. The monoisotopic (exact) mass is 583 g/mol. The number of unbranched alkanes of at least 4 members (excludes halogenated alkanes) is 1. The fraction of sp³-hybridized carbons (Fsp3) is 0.756. The third-order valence-electron chi connectivity index (χ3n) is 8.97. The normalized spacial score (nSPS) is 15.7. The molecule has 1 heteroatoms. The molecule has 0 aromatic heterocycles. The maximum Gasteiger partial charge on any atom is 0.0622 e. The third-order valence-corrected chi connectivity index (χ3v) is 8.97. The van der Waals surface area contributed by atoms with E-state index in [1.807, 2.05) is 7.11 Å². The van der Waals surface area contributed by atoms with E-state index < -0.39 is 0 Å². The molecular formula is C41H74O. The van der Waals surface area contributed by atoms with Crippen molar-refractivity contribution >= 4 is 0 Å². The van der Waals surface area contributed by atoms with E-state index >= 15 is 0 Å². The van der Waals surface area contributed by atoms with Gasteiger partial charge in [0.05, 0.1) is 5.60 Å². The Kier molecular flexibility index (Phi) is 24.2. The summed E-state index contributed by atoms with van der Waals surface area (Å²) in [5.41, 5.74) is 5.98. The molecule has 42 heavy (non-hydrogen) atoms. The molecule has 3 unspecified atom stereocenters. The van der Waals surface area contributed by atoms with E-state index in [4.69, 9.17) is 4.74 Å². The Morgan fingerprint density at radius 3 is 1.79 bits per heavy atom. The Hall–Kier alpha value is -1.34. The van der Waals surface area contributed by atoms with Gasteiger partial charge in [0, 0.05) is 7.11 Å². The molecule has 0 saturated heterocycles. The predicted molar refractivity (Wildman–Crippen MR) is 192 cm³/mol. The van der Waals surface area contributed by atoms with Crippen LogP contribution in [-0.4, -0.2) is 12.7 Å². The number of rotatable bonds is 25. The van der Waals surface area contributed by atoms with Crippen molar-refractivity contribution in [2.45, 2.75) is 178 Å². The van der Waals surface area contributed by atoms with Gasteiger partial charge in [0.25, 0.3) is 0 Å². The van der Waals surface area contributed by atoms with E-state index in [-0.39, 0.29) is 5.60 Å². The zero-order valence-electron chi connectivity index (χ0n) is 30.4. The van der Waals surface area contributed by atoms with Crippen LogP contribution in [0, 0.1) is 17.8 Å². The second-order valence-electron chi connectivity index (χ2n) is 14.7. The summed E-state index contributed by atoms with van der Waals surface area (Å²) in [6, 6.07) is 0. The first-order valence-corrected chi connectivity index (χ1v) is 17.7. The Morgan fingerprint density at radius 2 is 1.14 bits per heavy atom. The van der Waals surface area contributed by atoms with Crippen molar-refractivity contribution in [3.8, 4) is 0 Å². The van der Waals surface area contributed by atoms with Crippen molar-refractivity contribution in [3.63, 3.8) is 0 Å². The number of ether oxygens (including phenoxy) is 1. The van der Waals surface area contributed by atoms with Crippen molar-refractivity contribution in [1.82, 2.24) is 0 Å². The summed E-state index contributed by atoms with van der Waals surface area (Å²) in [7, 11) is 1.81. The number of hydrogen-bond acceptors (Lipinski definition) is 1. The van der Waals surface area contributed by atoms with Crippen LogP contribution in [0.25, 0.3) is 0 Å². The summed E-state index contributed by atoms with van der Waals surface area (Å²) in [4.78, 5) is 0. The molecule has 1 nitrogen and oxygen atoms in total. The Balaban J connectivity index is 4.02. The van der Waals surface area contributed by atoms with Crippen LogP contribution in [0.15, 0.2) is 58.7 Å². The topological polar surface area (TPSA) is 9.23 Å². The highest BCUT2D eigenvalue weighted by Crippen LogP contribution is 2.22. The first-order chi connectivity index (χ1) is 19.8. The summed E-state index contributed by atoms with van der Waals surface area (Å²) in [5.74, 6) is 2.47. The third kappa shape index (κ3) is 26.3. The predicted octanol–water partition coefficient (Wildman–Crippen LogP) is 13.9. The molecule has 0 radical (unpaired) electrons. The molecule has 0 aliphatic heterocycles. The molecule has 0 aromatic rings. The van der Waals surface area contributed by atoms with Crippen molar-refractivity contribution in [3.05, 3.63) is 58.7 Å². The van der Waals surface area contributed by atoms with E-state index in [0.29, 0.717) is 0 Å². The molecule has 0 fully saturated rings. The van der Waals surface area contributed by atoms with Crippen molar-refractivity contribution in [1.29, 1.82) is 0 Å². The molecule has 244 valence electrons. The van der Waals surface area contributed by atoms with Gasteiger partial charge < -0.3 is 4.74 Å². The lowest BCUT2D eigenvalue weighted by Gasteiger charge is -2.22. The van der Waals surface area contributed by atoms with Gasteiger partial charge in [-0.05, 0) is 143 Å². The highest BCUT2D eigenvalue weighted by molar-refractivity contribution is 5.16. The van der Waals surface area contributed by atoms with Crippen LogP contribution in [0.4, 0.5) is 0 Å². The van der Waals surface area contributed by atoms with Crippen LogP contribution < -0.4 is 0 Å². The van der Waals surface area contributed by atoms with Crippen LogP contribution in [0.3, 0.4) is 0 Å². The lowest BCUT2D eigenvalue weighted by atomic mass is 9.92. The van der Waals surface area contributed by atoms with Gasteiger partial charge in [-0.3, -0.25) is 0 Å². The lowest BCUT2D eigenvalue weighted by molar-refractivity contribution is 0.0140. The van der Waals surface area contributed by atoms with E-state index in [2.05, 4.69) is 106 Å². The molecule has 0 aromatic carbocycles. The standard InChI is InChI=1S/C41H74O/c1-34(2)20-14-23-37(5)26-17-29-38(6)27-15-24-35(3)21-12-13-22-36(4)25-16-28-39(7)30-18-31-40(8)32-19-33-41(9,10)42-11/h16,20-22,25,31,37-39H,12-15,17-19,23-24,26-30,32-33H2,1-11H3/b25-16-,35-21-,36-22+,40-31+. The van der Waals surface area contributed by atoms with Crippen LogP contribution in [0.5, 0.6) is 0 Å². The van der Waals surface area contributed by atoms with Crippen molar-refractivity contribution in [2.75, 3.05) is 7.11 Å². The van der Waals surface area contributed by atoms with Crippen molar-refractivity contribution in [2.24, 2.45) is 17.8 Å². The van der Waals surface area contributed by atoms with Gasteiger partial charge in [-0.15, -0.1) is 0 Å². The average molecular weight is 583 g/mol. The van der Waals surface area contributed by atoms with Gasteiger partial charge in [-0.1, -0.05) is 105 Å². The first-order valence-electron chi connectivity index (χ1n) is 17.7. The molecule has 0 bridgehead atoms. The van der Waals surface area contributed by atoms with E-state index in [1.165, 1.54) is 107 Å². The van der Waals surface area contributed by atoms with E-state index in [0.717, 1.165) is 30.6 Å². The number of hydrogen-bond donors (Lipinski definition) is 0. The Labute approximate surface area is 265 Å². The zero-order valence-corrected chi connectivity index (χ0v) is 30.4. The zero-order chi connectivity index (χ0) is 31.8. The van der Waals surface area contributed by atoms with Crippen LogP contribution in [-0.2, 0) is 4.74 Å². The molecule has 0 aliphatic rings. The molecule has 0 heterocycles. The Morgan fingerprint density at radius 1 is 0.619 bits per heavy atom. The largest absolute Gasteiger partial charge is 0.379 e. The summed E-state index contributed by atoms with van der Waals surface area (Å²) >= 11 is 0. The van der Waals surface area contributed by atoms with E-state index in [1.54, 1.807) is 5.57 Å². The molecule has 3 atom stereocenters. The van der Waals surface area contributed by atoms with Gasteiger partial charge in [0.1, 0.15) is 0 Å². The first kappa shape index (κ1) is 40.7. The molecule has 0 amide bonds. The lowest BCUT2D eigenvalue weighted by Crippen LogP contribution is -2.21. The van der Waals surface area contributed by atoms with Gasteiger partial charge in [0.2, 0.25) is 0 Å². The molecule has 0 rings (SSSR count). The summed E-state index contributed by atoms with van der Waals surface area (Å²) in [6.07, 6.45) is 34.7. The molecule has 0 spiro atoms. The second kappa shape index (κ2) is 25.0. The fourth-order valence-electron chi connectivity index (χ4n) is 5.52. The van der Waals surface area contributed by atoms with Gasteiger partial charge >= 0.3 is 0 Å². The van der Waals surface area contributed by atoms with Gasteiger partial charge in [-0.2, -0.15) is 0 Å². The van der Waals surface area contributed by atoms with Crippen molar-refractivity contribution < 1.29 is 4.74 Å². The maximum atomic E-state index is 5.53. The quantitative estimate of drug-likeness (QED) is 0.0591. The maximum absolute atomic E-state index is 5.53. The average Bonchev–Trinajstić information content (AvgIpc) is 2.91. The molecule has 0 aliphatic carbocycles. The van der Waals surface area contributed by atoms with Crippen LogP contribution >= 0.6 is 0 Å². The minimum absolute atomic E-state index is 0.00581. The highest BCUT2D eigenvalue weighted by Gasteiger charge is 2.15. The minimum Gasteiger partial charge on any atom is -0.379 e. The Bertz CT molecular complexity index is 814. The summed E-state index contributed by atoms with van der Waals surface area (Å²) in [6.45, 7) is 22.9. The smallest absolute Gasteiger partial charge is 0.0622 e. The highest BCUT2D eigenvalue weighted by atomic mass is 16.5. The molecule has 0 saturated carbocycles. The fourth-order valence-corrected chi connectivity index (χ4v) is 5.52. The minimum atomic E-state index is 0.00581. The van der Waals surface area contributed by atoms with Gasteiger partial charge in [0.15, 0.2) is 0 Å².